The Balaban J connectivity index is 1.41. The van der Waals surface area contributed by atoms with Gasteiger partial charge in [-0.05, 0) is 53.9 Å². The van der Waals surface area contributed by atoms with Crippen LogP contribution in [0.5, 0.6) is 5.75 Å². The first-order chi connectivity index (χ1) is 18.6. The van der Waals surface area contributed by atoms with Gasteiger partial charge < -0.3 is 10.1 Å². The standard InChI is InChI=1S/C32H28ClN3O2/c1-38-28-17-8-14-25(20-28)30-22-31(36(35-30)27-16-9-15-26(33)21-27)32(37)34-19-18-29(23-10-4-2-5-11-23)24-12-6-3-7-13-24/h2-17,20-22,29H,18-19H2,1H3,(H,34,37). The molecule has 5 aromatic rings. The van der Waals surface area contributed by atoms with E-state index < -0.39 is 0 Å². The van der Waals surface area contributed by atoms with Crippen molar-refractivity contribution in [1.82, 2.24) is 15.1 Å². The average Bonchev–Trinajstić information content (AvgIpc) is 3.42. The Morgan fingerprint density at radius 2 is 1.55 bits per heavy atom. The summed E-state index contributed by atoms with van der Waals surface area (Å²) in [6.07, 6.45) is 0.758. The molecule has 0 spiro atoms. The molecule has 0 saturated carbocycles. The Hall–Kier alpha value is -4.35. The molecule has 4 aromatic carbocycles. The van der Waals surface area contributed by atoms with E-state index >= 15 is 0 Å². The van der Waals surface area contributed by atoms with Crippen LogP contribution in [0.15, 0.2) is 115 Å². The van der Waals surface area contributed by atoms with Gasteiger partial charge in [0.15, 0.2) is 0 Å². The lowest BCUT2D eigenvalue weighted by Gasteiger charge is -2.18. The molecule has 0 unspecified atom stereocenters. The summed E-state index contributed by atoms with van der Waals surface area (Å²) in [4.78, 5) is 13.5. The number of ether oxygens (including phenoxy) is 1. The van der Waals surface area contributed by atoms with Gasteiger partial charge in [0.2, 0.25) is 0 Å². The van der Waals surface area contributed by atoms with E-state index in [0.717, 1.165) is 17.7 Å². The summed E-state index contributed by atoms with van der Waals surface area (Å²) in [7, 11) is 1.63. The van der Waals surface area contributed by atoms with Gasteiger partial charge in [0.05, 0.1) is 18.5 Å². The first-order valence-corrected chi connectivity index (χ1v) is 12.9. The second kappa shape index (κ2) is 11.8. The lowest BCUT2D eigenvalue weighted by molar-refractivity contribution is 0.0945. The van der Waals surface area contributed by atoms with Gasteiger partial charge in [-0.3, -0.25) is 4.79 Å². The summed E-state index contributed by atoms with van der Waals surface area (Å²) in [6, 6.07) is 37.5. The molecule has 1 amide bonds. The Labute approximate surface area is 227 Å². The largest absolute Gasteiger partial charge is 0.497 e. The van der Waals surface area contributed by atoms with Gasteiger partial charge >= 0.3 is 0 Å². The van der Waals surface area contributed by atoms with Crippen molar-refractivity contribution >= 4 is 17.5 Å². The second-order valence-corrected chi connectivity index (χ2v) is 9.39. The molecule has 1 heterocycles. The van der Waals surface area contributed by atoms with Crippen molar-refractivity contribution in [3.8, 4) is 22.7 Å². The fraction of sp³-hybridized carbons (Fsp3) is 0.125. The first-order valence-electron chi connectivity index (χ1n) is 12.5. The Morgan fingerprint density at radius 1 is 0.868 bits per heavy atom. The maximum atomic E-state index is 13.5. The molecule has 190 valence electrons. The van der Waals surface area contributed by atoms with Gasteiger partial charge in [-0.15, -0.1) is 0 Å². The lowest BCUT2D eigenvalue weighted by Crippen LogP contribution is -2.28. The van der Waals surface area contributed by atoms with Crippen LogP contribution in [0.2, 0.25) is 5.02 Å². The first kappa shape index (κ1) is 25.3. The molecule has 5 nitrogen and oxygen atoms in total. The molecule has 1 aromatic heterocycles. The van der Waals surface area contributed by atoms with E-state index in [0.29, 0.717) is 28.6 Å². The minimum absolute atomic E-state index is 0.169. The van der Waals surface area contributed by atoms with Crippen molar-refractivity contribution in [2.24, 2.45) is 0 Å². The number of rotatable bonds is 9. The molecule has 0 saturated heterocycles. The lowest BCUT2D eigenvalue weighted by atomic mass is 9.88. The number of benzene rings is 4. The van der Waals surface area contributed by atoms with Crippen molar-refractivity contribution in [3.63, 3.8) is 0 Å². The number of halogens is 1. The number of carbonyl (C=O) groups excluding carboxylic acids is 1. The fourth-order valence-electron chi connectivity index (χ4n) is 4.59. The van der Waals surface area contributed by atoms with Crippen LogP contribution in [0, 0.1) is 0 Å². The number of carbonyl (C=O) groups is 1. The molecule has 0 radical (unpaired) electrons. The summed E-state index contributed by atoms with van der Waals surface area (Å²) in [5.74, 6) is 0.688. The monoisotopic (exact) mass is 521 g/mol. The van der Waals surface area contributed by atoms with Gasteiger partial charge in [-0.25, -0.2) is 4.68 Å². The molecular weight excluding hydrogens is 494 g/mol. The van der Waals surface area contributed by atoms with Crippen LogP contribution in [0.3, 0.4) is 0 Å². The zero-order valence-electron chi connectivity index (χ0n) is 21.1. The molecule has 0 aliphatic rings. The maximum absolute atomic E-state index is 13.5. The van der Waals surface area contributed by atoms with Gasteiger partial charge in [-0.1, -0.05) is 90.5 Å². The number of nitrogens with zero attached hydrogens (tertiary/aromatic N) is 2. The molecular formula is C32H28ClN3O2. The third kappa shape index (κ3) is 5.79. The molecule has 0 bridgehead atoms. The van der Waals surface area contributed by atoms with Crippen molar-refractivity contribution in [2.45, 2.75) is 12.3 Å². The van der Waals surface area contributed by atoms with E-state index in [1.807, 2.05) is 72.8 Å². The van der Waals surface area contributed by atoms with Crippen molar-refractivity contribution in [3.05, 3.63) is 137 Å². The van der Waals surface area contributed by atoms with Crippen molar-refractivity contribution < 1.29 is 9.53 Å². The smallest absolute Gasteiger partial charge is 0.270 e. The number of amides is 1. The zero-order chi connectivity index (χ0) is 26.3. The maximum Gasteiger partial charge on any atom is 0.270 e. The molecule has 0 aliphatic carbocycles. The summed E-state index contributed by atoms with van der Waals surface area (Å²) in [5, 5.41) is 8.46. The number of methoxy groups -OCH3 is 1. The highest BCUT2D eigenvalue weighted by Gasteiger charge is 2.19. The zero-order valence-corrected chi connectivity index (χ0v) is 21.8. The van der Waals surface area contributed by atoms with Crippen LogP contribution in [0.25, 0.3) is 16.9 Å². The summed E-state index contributed by atoms with van der Waals surface area (Å²) in [6.45, 7) is 0.502. The number of hydrogen-bond acceptors (Lipinski definition) is 3. The third-order valence-corrected chi connectivity index (χ3v) is 6.72. The topological polar surface area (TPSA) is 56.1 Å². The average molecular weight is 522 g/mol. The van der Waals surface area contributed by atoms with Crippen LogP contribution in [-0.2, 0) is 0 Å². The highest BCUT2D eigenvalue weighted by Crippen LogP contribution is 2.28. The number of hydrogen-bond donors (Lipinski definition) is 1. The normalized spacial score (nSPS) is 10.9. The summed E-state index contributed by atoms with van der Waals surface area (Å²) < 4.78 is 7.02. The van der Waals surface area contributed by atoms with E-state index in [1.54, 1.807) is 30.0 Å². The molecule has 0 fully saturated rings. The van der Waals surface area contributed by atoms with Gasteiger partial charge in [0.1, 0.15) is 11.4 Å². The van der Waals surface area contributed by atoms with Crippen LogP contribution in [0.4, 0.5) is 0 Å². The van der Waals surface area contributed by atoms with Gasteiger partial charge in [0.25, 0.3) is 5.91 Å². The molecule has 0 atom stereocenters. The van der Waals surface area contributed by atoms with E-state index in [2.05, 4.69) is 29.6 Å². The third-order valence-electron chi connectivity index (χ3n) is 6.48. The summed E-state index contributed by atoms with van der Waals surface area (Å²) in [5.41, 5.74) is 5.10. The number of aromatic nitrogens is 2. The number of nitrogens with one attached hydrogen (secondary N) is 1. The molecule has 38 heavy (non-hydrogen) atoms. The Kier molecular flexibility index (Phi) is 7.86. The molecule has 1 N–H and O–H groups in total. The van der Waals surface area contributed by atoms with E-state index in [9.17, 15) is 4.79 Å². The second-order valence-electron chi connectivity index (χ2n) is 8.96. The van der Waals surface area contributed by atoms with Crippen LogP contribution >= 0.6 is 11.6 Å². The van der Waals surface area contributed by atoms with Crippen molar-refractivity contribution in [2.75, 3.05) is 13.7 Å². The predicted octanol–water partition coefficient (Wildman–Crippen LogP) is 7.15. The highest BCUT2D eigenvalue weighted by molar-refractivity contribution is 6.30. The fourth-order valence-corrected chi connectivity index (χ4v) is 4.77. The minimum Gasteiger partial charge on any atom is -0.497 e. The Morgan fingerprint density at radius 3 is 2.21 bits per heavy atom. The van der Waals surface area contributed by atoms with E-state index in [4.69, 9.17) is 21.4 Å². The predicted molar refractivity (Wildman–Crippen MR) is 152 cm³/mol. The van der Waals surface area contributed by atoms with E-state index in [1.165, 1.54) is 11.1 Å². The highest BCUT2D eigenvalue weighted by atomic mass is 35.5. The van der Waals surface area contributed by atoms with Crippen LogP contribution in [-0.4, -0.2) is 29.3 Å². The van der Waals surface area contributed by atoms with Gasteiger partial charge in [-0.2, -0.15) is 5.10 Å². The van der Waals surface area contributed by atoms with Crippen LogP contribution in [0.1, 0.15) is 34.0 Å². The molecule has 0 aliphatic heterocycles. The summed E-state index contributed by atoms with van der Waals surface area (Å²) >= 11 is 6.27. The quantitative estimate of drug-likeness (QED) is 0.224. The SMILES string of the molecule is COc1cccc(-c2cc(C(=O)NCCC(c3ccccc3)c3ccccc3)n(-c3cccc(Cl)c3)n2)c1. The van der Waals surface area contributed by atoms with Gasteiger partial charge in [0, 0.05) is 23.0 Å². The van der Waals surface area contributed by atoms with Crippen LogP contribution < -0.4 is 10.1 Å². The van der Waals surface area contributed by atoms with Crippen molar-refractivity contribution in [1.29, 1.82) is 0 Å². The Bertz CT molecular complexity index is 1480. The molecule has 5 rings (SSSR count). The minimum atomic E-state index is -0.202. The molecule has 6 heteroatoms. The van der Waals surface area contributed by atoms with E-state index in [-0.39, 0.29) is 11.8 Å².